The molecule has 0 aliphatic rings. The Kier molecular flexibility index (Phi) is 37.4. The molecule has 0 heterocycles. The van der Waals surface area contributed by atoms with Crippen LogP contribution in [0.3, 0.4) is 0 Å². The molecular formula is C39H76O3. The summed E-state index contributed by atoms with van der Waals surface area (Å²) in [5.41, 5.74) is 0. The predicted molar refractivity (Wildman–Crippen MR) is 185 cm³/mol. The average molecular weight is 593 g/mol. The van der Waals surface area contributed by atoms with Gasteiger partial charge in [-0.3, -0.25) is 4.79 Å². The third-order valence-electron chi connectivity index (χ3n) is 8.71. The van der Waals surface area contributed by atoms with Crippen molar-refractivity contribution in [3.05, 3.63) is 12.2 Å². The summed E-state index contributed by atoms with van der Waals surface area (Å²) in [5, 5.41) is 8.79. The molecule has 0 radical (unpaired) electrons. The highest BCUT2D eigenvalue weighted by atomic mass is 16.5. The fraction of sp³-hybridized carbons (Fsp3) is 0.923. The fourth-order valence-corrected chi connectivity index (χ4v) is 5.82. The van der Waals surface area contributed by atoms with Gasteiger partial charge in [0.2, 0.25) is 0 Å². The van der Waals surface area contributed by atoms with Crippen molar-refractivity contribution < 1.29 is 14.6 Å². The third-order valence-corrected chi connectivity index (χ3v) is 8.71. The molecule has 0 aliphatic carbocycles. The first-order chi connectivity index (χ1) is 20.8. The van der Waals surface area contributed by atoms with Crippen molar-refractivity contribution in [1.82, 2.24) is 0 Å². The van der Waals surface area contributed by atoms with Crippen LogP contribution in [0.15, 0.2) is 12.2 Å². The summed E-state index contributed by atoms with van der Waals surface area (Å²) in [7, 11) is 0. The zero-order chi connectivity index (χ0) is 30.4. The van der Waals surface area contributed by atoms with Gasteiger partial charge in [0.1, 0.15) is 0 Å². The summed E-state index contributed by atoms with van der Waals surface area (Å²) < 4.78 is 5.44. The molecule has 42 heavy (non-hydrogen) atoms. The smallest absolute Gasteiger partial charge is 0.305 e. The maximum absolute atomic E-state index is 11.9. The molecule has 250 valence electrons. The number of esters is 1. The van der Waals surface area contributed by atoms with Crippen LogP contribution in [0.4, 0.5) is 0 Å². The van der Waals surface area contributed by atoms with Gasteiger partial charge in [-0.05, 0) is 44.9 Å². The van der Waals surface area contributed by atoms with E-state index in [2.05, 4.69) is 19.1 Å². The molecule has 3 nitrogen and oxygen atoms in total. The second-order valence-electron chi connectivity index (χ2n) is 13.0. The zero-order valence-corrected chi connectivity index (χ0v) is 28.7. The van der Waals surface area contributed by atoms with Crippen LogP contribution in [0.1, 0.15) is 219 Å². The van der Waals surface area contributed by atoms with Gasteiger partial charge in [-0.15, -0.1) is 0 Å². The molecule has 1 N–H and O–H groups in total. The Bertz CT molecular complexity index is 530. The average Bonchev–Trinajstić information content (AvgIpc) is 3.00. The number of carbonyl (C=O) groups is 1. The molecule has 0 aliphatic heterocycles. The summed E-state index contributed by atoms with van der Waals surface area (Å²) in [6, 6.07) is 0. The first-order valence-corrected chi connectivity index (χ1v) is 19.2. The molecule has 0 amide bonds. The highest BCUT2D eigenvalue weighted by molar-refractivity contribution is 5.69. The van der Waals surface area contributed by atoms with E-state index in [0.717, 1.165) is 25.7 Å². The maximum atomic E-state index is 11.9. The largest absolute Gasteiger partial charge is 0.466 e. The number of hydrogen-bond acceptors (Lipinski definition) is 3. The first kappa shape index (κ1) is 41.2. The second-order valence-corrected chi connectivity index (χ2v) is 13.0. The Hall–Kier alpha value is -0.830. The van der Waals surface area contributed by atoms with Gasteiger partial charge in [-0.25, -0.2) is 0 Å². The molecule has 0 atom stereocenters. The van der Waals surface area contributed by atoms with Gasteiger partial charge in [0, 0.05) is 13.0 Å². The topological polar surface area (TPSA) is 46.5 Å². The van der Waals surface area contributed by atoms with Crippen molar-refractivity contribution in [2.75, 3.05) is 13.2 Å². The van der Waals surface area contributed by atoms with Crippen LogP contribution >= 0.6 is 0 Å². The van der Waals surface area contributed by atoms with E-state index in [1.807, 2.05) is 0 Å². The minimum absolute atomic E-state index is 0.0120. The lowest BCUT2D eigenvalue weighted by atomic mass is 10.0. The van der Waals surface area contributed by atoms with Crippen LogP contribution in [-0.2, 0) is 9.53 Å². The zero-order valence-electron chi connectivity index (χ0n) is 28.7. The summed E-state index contributed by atoms with van der Waals surface area (Å²) in [5.74, 6) is 0.0120. The Morgan fingerprint density at radius 2 is 0.786 bits per heavy atom. The van der Waals surface area contributed by atoms with Crippen molar-refractivity contribution in [3.63, 3.8) is 0 Å². The normalized spacial score (nSPS) is 11.6. The highest BCUT2D eigenvalue weighted by Crippen LogP contribution is 2.15. The first-order valence-electron chi connectivity index (χ1n) is 19.2. The molecule has 0 bridgehead atoms. The SMILES string of the molecule is CCCCCCCC/C=C\CCCCCCCC(=O)OCCCCCCCCCCCCCCCCCCCCCO. The van der Waals surface area contributed by atoms with Crippen molar-refractivity contribution in [1.29, 1.82) is 0 Å². The van der Waals surface area contributed by atoms with Gasteiger partial charge >= 0.3 is 5.97 Å². The Morgan fingerprint density at radius 3 is 1.19 bits per heavy atom. The van der Waals surface area contributed by atoms with E-state index in [-0.39, 0.29) is 5.97 Å². The highest BCUT2D eigenvalue weighted by Gasteiger charge is 2.02. The van der Waals surface area contributed by atoms with Crippen molar-refractivity contribution in [2.24, 2.45) is 0 Å². The number of hydrogen-bond donors (Lipinski definition) is 1. The Labute approximate surface area is 264 Å². The molecule has 0 saturated carbocycles. The minimum atomic E-state index is 0.0120. The van der Waals surface area contributed by atoms with E-state index < -0.39 is 0 Å². The molecule has 3 heteroatoms. The van der Waals surface area contributed by atoms with Crippen LogP contribution in [0, 0.1) is 0 Å². The summed E-state index contributed by atoms with van der Waals surface area (Å²) in [4.78, 5) is 11.9. The van der Waals surface area contributed by atoms with Crippen LogP contribution in [0.5, 0.6) is 0 Å². The van der Waals surface area contributed by atoms with Gasteiger partial charge < -0.3 is 9.84 Å². The summed E-state index contributed by atoms with van der Waals surface area (Å²) in [6.45, 7) is 3.26. The number of aliphatic hydroxyl groups is 1. The van der Waals surface area contributed by atoms with Gasteiger partial charge in [-0.1, -0.05) is 180 Å². The number of aliphatic hydroxyl groups excluding tert-OH is 1. The van der Waals surface area contributed by atoms with Gasteiger partial charge in [0.05, 0.1) is 6.61 Å². The lowest BCUT2D eigenvalue weighted by Crippen LogP contribution is -2.05. The van der Waals surface area contributed by atoms with Crippen molar-refractivity contribution in [3.8, 4) is 0 Å². The molecule has 0 fully saturated rings. The quantitative estimate of drug-likeness (QED) is 0.0447. The van der Waals surface area contributed by atoms with Crippen LogP contribution in [-0.4, -0.2) is 24.3 Å². The van der Waals surface area contributed by atoms with Crippen molar-refractivity contribution in [2.45, 2.75) is 219 Å². The maximum Gasteiger partial charge on any atom is 0.305 e. The molecule has 0 spiro atoms. The molecule has 0 aromatic carbocycles. The lowest BCUT2D eigenvalue weighted by molar-refractivity contribution is -0.143. The van der Waals surface area contributed by atoms with E-state index in [0.29, 0.717) is 19.6 Å². The Morgan fingerprint density at radius 1 is 0.452 bits per heavy atom. The van der Waals surface area contributed by atoms with Crippen LogP contribution in [0.25, 0.3) is 0 Å². The summed E-state index contributed by atoms with van der Waals surface area (Å²) >= 11 is 0. The summed E-state index contributed by atoms with van der Waals surface area (Å²) in [6.07, 6.45) is 47.2. The molecular weight excluding hydrogens is 516 g/mol. The van der Waals surface area contributed by atoms with Gasteiger partial charge in [0.25, 0.3) is 0 Å². The monoisotopic (exact) mass is 593 g/mol. The molecule has 0 aromatic heterocycles. The fourth-order valence-electron chi connectivity index (χ4n) is 5.82. The second kappa shape index (κ2) is 38.2. The van der Waals surface area contributed by atoms with E-state index >= 15 is 0 Å². The van der Waals surface area contributed by atoms with Gasteiger partial charge in [0.15, 0.2) is 0 Å². The number of unbranched alkanes of at least 4 members (excludes halogenated alkanes) is 29. The molecule has 0 aromatic rings. The number of carbonyl (C=O) groups excluding carboxylic acids is 1. The minimum Gasteiger partial charge on any atom is -0.466 e. The molecule has 0 saturated heterocycles. The van der Waals surface area contributed by atoms with E-state index in [1.54, 1.807) is 0 Å². The number of allylic oxidation sites excluding steroid dienone is 2. The van der Waals surface area contributed by atoms with E-state index in [9.17, 15) is 4.79 Å². The van der Waals surface area contributed by atoms with Gasteiger partial charge in [-0.2, -0.15) is 0 Å². The molecule has 0 rings (SSSR count). The van der Waals surface area contributed by atoms with E-state index in [1.165, 1.54) is 180 Å². The van der Waals surface area contributed by atoms with Crippen LogP contribution in [0.2, 0.25) is 0 Å². The van der Waals surface area contributed by atoms with Crippen molar-refractivity contribution >= 4 is 5.97 Å². The number of ether oxygens (including phenoxy) is 1. The number of rotatable bonds is 36. The lowest BCUT2D eigenvalue weighted by Gasteiger charge is -2.06. The predicted octanol–water partition coefficient (Wildman–Crippen LogP) is 13.0. The standard InChI is InChI=1S/C39H76O3/c1-2-3-4-5-6-7-8-9-15-18-21-24-27-30-33-36-39(41)42-38-35-32-29-26-23-20-17-14-12-10-11-13-16-19-22-25-28-31-34-37-40/h9,15,40H,2-8,10-14,16-38H2,1H3/b15-9-. The molecule has 0 unspecified atom stereocenters. The third kappa shape index (κ3) is 37.2. The Balaban J connectivity index is 3.17. The van der Waals surface area contributed by atoms with E-state index in [4.69, 9.17) is 9.84 Å². The van der Waals surface area contributed by atoms with Crippen LogP contribution < -0.4 is 0 Å².